The van der Waals surface area contributed by atoms with Gasteiger partial charge in [-0.1, -0.05) is 0 Å². The van der Waals surface area contributed by atoms with Crippen LogP contribution in [-0.4, -0.2) is 16.7 Å². The van der Waals surface area contributed by atoms with Crippen LogP contribution in [0.3, 0.4) is 0 Å². The zero-order chi connectivity index (χ0) is 17.3. The summed E-state index contributed by atoms with van der Waals surface area (Å²) in [5.41, 5.74) is -0.878. The first-order valence-electron chi connectivity index (χ1n) is 5.99. The van der Waals surface area contributed by atoms with E-state index in [-0.39, 0.29) is 18.7 Å². The number of thiazole rings is 1. The lowest BCUT2D eigenvalue weighted by Crippen LogP contribution is -2.04. The van der Waals surface area contributed by atoms with Gasteiger partial charge in [0, 0.05) is 11.3 Å². The van der Waals surface area contributed by atoms with Crippen molar-refractivity contribution in [2.75, 3.05) is 6.61 Å². The fraction of sp³-hybridized carbons (Fsp3) is 0.250. The molecule has 0 radical (unpaired) electrons. The molecule has 0 bridgehead atoms. The minimum atomic E-state index is -2.25. The van der Waals surface area contributed by atoms with E-state index < -0.39 is 44.7 Å². The van der Waals surface area contributed by atoms with Crippen molar-refractivity contribution in [1.29, 1.82) is 0 Å². The number of hydrogen-bond donors (Lipinski definition) is 0. The quantitative estimate of drug-likeness (QED) is 0.271. The third-order valence-electron chi connectivity index (χ3n) is 2.84. The second kappa shape index (κ2) is 6.44. The summed E-state index contributed by atoms with van der Waals surface area (Å²) in [5.74, 6) is -10.3. The standard InChI is InChI=1S/C12H7F5N2O3S/c1-4-5(2-3-22-19(20)21)23-12(18-4)6-7(13)9(15)11(17)10(16)8(6)14/h2-3H2,1H3. The van der Waals surface area contributed by atoms with E-state index in [4.69, 9.17) is 0 Å². The zero-order valence-corrected chi connectivity index (χ0v) is 12.1. The van der Waals surface area contributed by atoms with Crippen LogP contribution in [-0.2, 0) is 11.3 Å². The van der Waals surface area contributed by atoms with Crippen LogP contribution in [0.25, 0.3) is 10.6 Å². The van der Waals surface area contributed by atoms with Crippen molar-refractivity contribution in [2.45, 2.75) is 13.3 Å². The average Bonchev–Trinajstić information content (AvgIpc) is 2.84. The van der Waals surface area contributed by atoms with Gasteiger partial charge in [0.05, 0.1) is 11.3 Å². The molecule has 0 aliphatic rings. The number of aryl methyl sites for hydroxylation is 1. The highest BCUT2D eigenvalue weighted by molar-refractivity contribution is 7.15. The van der Waals surface area contributed by atoms with E-state index in [1.54, 1.807) is 0 Å². The first-order chi connectivity index (χ1) is 10.7. The fourth-order valence-corrected chi connectivity index (χ4v) is 2.85. The van der Waals surface area contributed by atoms with Crippen LogP contribution in [0.5, 0.6) is 0 Å². The van der Waals surface area contributed by atoms with Crippen LogP contribution in [0.2, 0.25) is 0 Å². The predicted octanol–water partition coefficient (Wildman–Crippen LogP) is 3.56. The summed E-state index contributed by atoms with van der Waals surface area (Å²) in [6.45, 7) is 1.11. The van der Waals surface area contributed by atoms with Crippen LogP contribution in [0, 0.1) is 46.1 Å². The van der Waals surface area contributed by atoms with Crippen molar-refractivity contribution >= 4 is 11.3 Å². The van der Waals surface area contributed by atoms with Gasteiger partial charge in [-0.05, 0) is 6.92 Å². The minimum absolute atomic E-state index is 0.000122. The molecule has 1 aromatic carbocycles. The molecule has 0 aliphatic heterocycles. The SMILES string of the molecule is Cc1nc(-c2c(F)c(F)c(F)c(F)c2F)sc1CCO[N+](=O)[O-]. The number of hydrogen-bond acceptors (Lipinski definition) is 5. The van der Waals surface area contributed by atoms with Crippen molar-refractivity contribution in [2.24, 2.45) is 0 Å². The maximum Gasteiger partial charge on any atom is 0.294 e. The summed E-state index contributed by atoms with van der Waals surface area (Å²) in [4.78, 5) is 18.3. The highest BCUT2D eigenvalue weighted by Gasteiger charge is 2.28. The van der Waals surface area contributed by atoms with Crippen molar-refractivity contribution in [1.82, 2.24) is 4.98 Å². The number of halogens is 5. The topological polar surface area (TPSA) is 65.3 Å². The fourth-order valence-electron chi connectivity index (χ4n) is 1.77. The van der Waals surface area contributed by atoms with Gasteiger partial charge in [0.1, 0.15) is 11.6 Å². The maximum absolute atomic E-state index is 13.7. The monoisotopic (exact) mass is 354 g/mol. The largest absolute Gasteiger partial charge is 0.314 e. The third-order valence-corrected chi connectivity index (χ3v) is 4.08. The van der Waals surface area contributed by atoms with E-state index in [1.807, 2.05) is 0 Å². The van der Waals surface area contributed by atoms with Crippen LogP contribution >= 0.6 is 11.3 Å². The van der Waals surface area contributed by atoms with E-state index in [2.05, 4.69) is 9.82 Å². The molecule has 5 nitrogen and oxygen atoms in total. The van der Waals surface area contributed by atoms with Crippen molar-refractivity contribution < 1.29 is 31.9 Å². The third kappa shape index (κ3) is 3.23. The summed E-state index contributed by atoms with van der Waals surface area (Å²) in [6, 6.07) is 0. The molecule has 0 unspecified atom stereocenters. The molecule has 0 N–H and O–H groups in total. The van der Waals surface area contributed by atoms with Crippen LogP contribution in [0.4, 0.5) is 22.0 Å². The highest BCUT2D eigenvalue weighted by Crippen LogP contribution is 2.35. The molecule has 0 saturated heterocycles. The van der Waals surface area contributed by atoms with Gasteiger partial charge in [0.15, 0.2) is 23.3 Å². The Kier molecular flexibility index (Phi) is 4.78. The average molecular weight is 354 g/mol. The van der Waals surface area contributed by atoms with E-state index in [1.165, 1.54) is 6.92 Å². The van der Waals surface area contributed by atoms with Crippen molar-refractivity contribution in [3.63, 3.8) is 0 Å². The van der Waals surface area contributed by atoms with Crippen LogP contribution < -0.4 is 0 Å². The molecule has 2 rings (SSSR count). The first-order valence-corrected chi connectivity index (χ1v) is 6.81. The second-order valence-corrected chi connectivity index (χ2v) is 5.36. The maximum atomic E-state index is 13.7. The normalized spacial score (nSPS) is 10.9. The molecular formula is C12H7F5N2O3S. The Morgan fingerprint density at radius 2 is 1.61 bits per heavy atom. The number of aromatic nitrogens is 1. The van der Waals surface area contributed by atoms with Gasteiger partial charge in [0.25, 0.3) is 5.09 Å². The van der Waals surface area contributed by atoms with Gasteiger partial charge < -0.3 is 4.84 Å². The molecule has 0 saturated carbocycles. The van der Waals surface area contributed by atoms with E-state index in [9.17, 15) is 32.1 Å². The van der Waals surface area contributed by atoms with Gasteiger partial charge in [0.2, 0.25) is 5.82 Å². The lowest BCUT2D eigenvalue weighted by molar-refractivity contribution is -0.757. The summed E-state index contributed by atoms with van der Waals surface area (Å²) in [5, 5.41) is 8.63. The Bertz CT molecular complexity index is 752. The molecule has 1 heterocycles. The highest BCUT2D eigenvalue weighted by atomic mass is 32.1. The molecule has 0 atom stereocenters. The summed E-state index contributed by atoms with van der Waals surface area (Å²) >= 11 is 0.666. The molecule has 0 aliphatic carbocycles. The minimum Gasteiger partial charge on any atom is -0.314 e. The van der Waals surface area contributed by atoms with Crippen LogP contribution in [0.15, 0.2) is 0 Å². The van der Waals surface area contributed by atoms with Gasteiger partial charge >= 0.3 is 0 Å². The first kappa shape index (κ1) is 17.1. The van der Waals surface area contributed by atoms with Crippen LogP contribution in [0.1, 0.15) is 10.6 Å². The van der Waals surface area contributed by atoms with Crippen molar-refractivity contribution in [3.05, 3.63) is 49.8 Å². The van der Waals surface area contributed by atoms with Gasteiger partial charge in [-0.2, -0.15) is 0 Å². The summed E-state index contributed by atoms with van der Waals surface area (Å²) in [6.07, 6.45) is -0.000122. The molecule has 23 heavy (non-hydrogen) atoms. The Morgan fingerprint density at radius 1 is 1.09 bits per heavy atom. The Labute approximate surface area is 129 Å². The molecule has 0 fully saturated rings. The molecule has 0 spiro atoms. The van der Waals surface area contributed by atoms with E-state index >= 15 is 0 Å². The van der Waals surface area contributed by atoms with E-state index in [0.717, 1.165) is 0 Å². The van der Waals surface area contributed by atoms with Gasteiger partial charge in [-0.15, -0.1) is 21.5 Å². The Hall–Kier alpha value is -2.30. The van der Waals surface area contributed by atoms with Crippen molar-refractivity contribution in [3.8, 4) is 10.6 Å². The van der Waals surface area contributed by atoms with Gasteiger partial charge in [-0.25, -0.2) is 26.9 Å². The predicted molar refractivity (Wildman–Crippen MR) is 68.7 cm³/mol. The van der Waals surface area contributed by atoms with Gasteiger partial charge in [-0.3, -0.25) is 0 Å². The number of nitrogens with zero attached hydrogens (tertiary/aromatic N) is 2. The summed E-state index contributed by atoms with van der Waals surface area (Å²) in [7, 11) is 0. The molecule has 11 heteroatoms. The summed E-state index contributed by atoms with van der Waals surface area (Å²) < 4.78 is 66.9. The zero-order valence-electron chi connectivity index (χ0n) is 11.3. The number of rotatable bonds is 5. The lowest BCUT2D eigenvalue weighted by Gasteiger charge is -2.05. The smallest absolute Gasteiger partial charge is 0.294 e. The van der Waals surface area contributed by atoms with E-state index in [0.29, 0.717) is 16.2 Å². The molecule has 124 valence electrons. The second-order valence-electron chi connectivity index (χ2n) is 4.28. The molecular weight excluding hydrogens is 347 g/mol. The Balaban J connectivity index is 2.42. The molecule has 1 aromatic heterocycles. The Morgan fingerprint density at radius 3 is 2.13 bits per heavy atom. The lowest BCUT2D eigenvalue weighted by atomic mass is 10.2. The molecule has 0 amide bonds. The number of benzene rings is 1. The molecule has 2 aromatic rings.